The molecule has 2 heterocycles. The number of benzene rings is 1. The van der Waals surface area contributed by atoms with Crippen molar-refractivity contribution in [1.29, 1.82) is 0 Å². The minimum atomic E-state index is -0.568. The number of nitrogens with one attached hydrogen (secondary N) is 2. The summed E-state index contributed by atoms with van der Waals surface area (Å²) in [6, 6.07) is 9.43. The van der Waals surface area contributed by atoms with Crippen molar-refractivity contribution in [3.63, 3.8) is 0 Å². The fraction of sp³-hybridized carbons (Fsp3) is 0.400. The van der Waals surface area contributed by atoms with E-state index in [0.29, 0.717) is 17.0 Å². The van der Waals surface area contributed by atoms with Crippen LogP contribution in [0, 0.1) is 6.92 Å². The lowest BCUT2D eigenvalue weighted by molar-refractivity contribution is 0.102. The zero-order valence-corrected chi connectivity index (χ0v) is 15.9. The van der Waals surface area contributed by atoms with E-state index in [4.69, 9.17) is 4.42 Å². The van der Waals surface area contributed by atoms with Crippen LogP contribution < -0.4 is 16.3 Å². The van der Waals surface area contributed by atoms with Crippen molar-refractivity contribution in [3.05, 3.63) is 57.6 Å². The second-order valence-corrected chi connectivity index (χ2v) is 7.79. The molecule has 1 amide bonds. The van der Waals surface area contributed by atoms with Crippen LogP contribution in [0.5, 0.6) is 0 Å². The van der Waals surface area contributed by atoms with Crippen LogP contribution in [0.3, 0.4) is 0 Å². The number of aryl methyl sites for hydroxylation is 1. The van der Waals surface area contributed by atoms with Crippen LogP contribution in [0.25, 0.3) is 0 Å². The topological polar surface area (TPSA) is 71.3 Å². The number of piperidine rings is 1. The van der Waals surface area contributed by atoms with Crippen molar-refractivity contribution in [3.8, 4) is 0 Å². The summed E-state index contributed by atoms with van der Waals surface area (Å²) in [6.07, 6.45) is 2.05. The van der Waals surface area contributed by atoms with Gasteiger partial charge in [-0.15, -0.1) is 11.8 Å². The second-order valence-electron chi connectivity index (χ2n) is 6.45. The van der Waals surface area contributed by atoms with E-state index in [0.717, 1.165) is 36.6 Å². The predicted octanol–water partition coefficient (Wildman–Crippen LogP) is 3.78. The van der Waals surface area contributed by atoms with Crippen LogP contribution in [-0.4, -0.2) is 24.7 Å². The number of hydrogen-bond donors (Lipinski definition) is 2. The molecule has 0 saturated carbocycles. The van der Waals surface area contributed by atoms with E-state index in [1.807, 2.05) is 30.3 Å². The van der Waals surface area contributed by atoms with Crippen molar-refractivity contribution in [1.82, 2.24) is 5.32 Å². The molecule has 1 fully saturated rings. The van der Waals surface area contributed by atoms with Crippen molar-refractivity contribution >= 4 is 23.4 Å². The normalized spacial score (nSPS) is 17.1. The van der Waals surface area contributed by atoms with Gasteiger partial charge in [-0.3, -0.25) is 4.79 Å². The first-order valence-electron chi connectivity index (χ1n) is 8.98. The lowest BCUT2D eigenvalue weighted by Crippen LogP contribution is -2.30. The Kier molecular flexibility index (Phi) is 6.16. The molecule has 5 nitrogen and oxygen atoms in total. The molecular formula is C20H24N2O3S. The molecule has 1 aromatic carbocycles. The third-order valence-electron chi connectivity index (χ3n) is 4.52. The largest absolute Gasteiger partial charge is 0.427 e. The van der Waals surface area contributed by atoms with Crippen molar-refractivity contribution in [2.75, 3.05) is 24.2 Å². The highest BCUT2D eigenvalue weighted by Crippen LogP contribution is 2.24. The lowest BCUT2D eigenvalue weighted by atomic mass is 9.95. The van der Waals surface area contributed by atoms with E-state index in [9.17, 15) is 9.59 Å². The van der Waals surface area contributed by atoms with Gasteiger partial charge in [-0.1, -0.05) is 6.92 Å². The number of anilines is 1. The fourth-order valence-electron chi connectivity index (χ4n) is 3.20. The fourth-order valence-corrected chi connectivity index (χ4v) is 3.86. The molecule has 0 aliphatic carbocycles. The first kappa shape index (κ1) is 18.7. The molecule has 26 heavy (non-hydrogen) atoms. The predicted molar refractivity (Wildman–Crippen MR) is 105 cm³/mol. The Morgan fingerprint density at radius 3 is 2.73 bits per heavy atom. The molecule has 2 N–H and O–H groups in total. The standard InChI is InChI=1S/C20H24N2O3S/c1-3-26-16-8-6-15(7-9-16)22-19(23)18-13(2)11-17(25-20(18)24)14-5-4-10-21-12-14/h6-9,11,14,21H,3-5,10,12H2,1-2H3,(H,22,23). The van der Waals surface area contributed by atoms with Gasteiger partial charge >= 0.3 is 5.63 Å². The summed E-state index contributed by atoms with van der Waals surface area (Å²) in [5.74, 6) is 1.42. The highest BCUT2D eigenvalue weighted by molar-refractivity contribution is 7.99. The van der Waals surface area contributed by atoms with Crippen molar-refractivity contribution < 1.29 is 9.21 Å². The summed E-state index contributed by atoms with van der Waals surface area (Å²) in [6.45, 7) is 5.67. The van der Waals surface area contributed by atoms with Crippen molar-refractivity contribution in [2.24, 2.45) is 0 Å². The highest BCUT2D eigenvalue weighted by atomic mass is 32.2. The van der Waals surface area contributed by atoms with Gasteiger partial charge in [0.25, 0.3) is 5.91 Å². The summed E-state index contributed by atoms with van der Waals surface area (Å²) >= 11 is 1.74. The number of thioether (sulfide) groups is 1. The Bertz CT molecular complexity index is 824. The molecule has 2 aromatic rings. The van der Waals surface area contributed by atoms with Crippen LogP contribution >= 0.6 is 11.8 Å². The Hall–Kier alpha value is -2.05. The Balaban J connectivity index is 1.77. The number of carbonyl (C=O) groups excluding carboxylic acids is 1. The van der Waals surface area contributed by atoms with Gasteiger partial charge in [0, 0.05) is 23.0 Å². The number of rotatable bonds is 5. The lowest BCUT2D eigenvalue weighted by Gasteiger charge is -2.22. The van der Waals surface area contributed by atoms with E-state index in [1.54, 1.807) is 18.7 Å². The molecule has 1 aromatic heterocycles. The van der Waals surface area contributed by atoms with Crippen LogP contribution in [0.4, 0.5) is 5.69 Å². The first-order chi connectivity index (χ1) is 12.6. The van der Waals surface area contributed by atoms with E-state index < -0.39 is 11.5 Å². The third-order valence-corrected chi connectivity index (χ3v) is 5.41. The molecule has 6 heteroatoms. The number of hydrogen-bond acceptors (Lipinski definition) is 5. The molecule has 1 saturated heterocycles. The Morgan fingerprint density at radius 1 is 1.35 bits per heavy atom. The highest BCUT2D eigenvalue weighted by Gasteiger charge is 2.22. The van der Waals surface area contributed by atoms with Crippen LogP contribution in [0.1, 0.15) is 47.4 Å². The minimum absolute atomic E-state index is 0.0736. The molecule has 1 aliphatic heterocycles. The van der Waals surface area contributed by atoms with E-state index in [1.165, 1.54) is 0 Å². The van der Waals surface area contributed by atoms with E-state index >= 15 is 0 Å². The summed E-state index contributed by atoms with van der Waals surface area (Å²) < 4.78 is 5.48. The molecule has 1 unspecified atom stereocenters. The summed E-state index contributed by atoms with van der Waals surface area (Å²) in [4.78, 5) is 26.1. The monoisotopic (exact) mass is 372 g/mol. The van der Waals surface area contributed by atoms with Gasteiger partial charge in [-0.05, 0) is 68.0 Å². The molecule has 138 valence electrons. The van der Waals surface area contributed by atoms with Gasteiger partial charge in [0.15, 0.2) is 0 Å². The summed E-state index contributed by atoms with van der Waals surface area (Å²) in [5.41, 5.74) is 0.818. The van der Waals surface area contributed by atoms with Gasteiger partial charge in [-0.2, -0.15) is 0 Å². The molecule has 0 spiro atoms. The zero-order chi connectivity index (χ0) is 18.5. The molecule has 1 aliphatic rings. The number of amides is 1. The van der Waals surface area contributed by atoms with Crippen LogP contribution in [0.15, 0.2) is 44.4 Å². The second kappa shape index (κ2) is 8.56. The molecule has 1 atom stereocenters. The minimum Gasteiger partial charge on any atom is -0.427 e. The molecule has 3 rings (SSSR count). The average molecular weight is 372 g/mol. The first-order valence-corrected chi connectivity index (χ1v) is 9.96. The van der Waals surface area contributed by atoms with Gasteiger partial charge in [0.05, 0.1) is 0 Å². The maximum Gasteiger partial charge on any atom is 0.349 e. The SMILES string of the molecule is CCSc1ccc(NC(=O)c2c(C)cc(C3CCCNC3)oc2=O)cc1. The maximum absolute atomic E-state index is 12.6. The molecule has 0 radical (unpaired) electrons. The average Bonchev–Trinajstić information content (AvgIpc) is 2.64. The van der Waals surface area contributed by atoms with Gasteiger partial charge in [0.2, 0.25) is 0 Å². The van der Waals surface area contributed by atoms with Gasteiger partial charge < -0.3 is 15.1 Å². The summed E-state index contributed by atoms with van der Waals surface area (Å²) in [7, 11) is 0. The molecular weight excluding hydrogens is 348 g/mol. The van der Waals surface area contributed by atoms with Gasteiger partial charge in [-0.25, -0.2) is 4.79 Å². The molecule has 0 bridgehead atoms. The van der Waals surface area contributed by atoms with Crippen molar-refractivity contribution in [2.45, 2.75) is 37.5 Å². The summed E-state index contributed by atoms with van der Waals surface area (Å²) in [5, 5.41) is 6.10. The van der Waals surface area contributed by atoms with Crippen LogP contribution in [-0.2, 0) is 0 Å². The third kappa shape index (κ3) is 4.37. The maximum atomic E-state index is 12.6. The Labute approximate surface area is 157 Å². The van der Waals surface area contributed by atoms with Crippen LogP contribution in [0.2, 0.25) is 0 Å². The Morgan fingerprint density at radius 2 is 2.12 bits per heavy atom. The zero-order valence-electron chi connectivity index (χ0n) is 15.1. The number of carbonyl (C=O) groups is 1. The van der Waals surface area contributed by atoms with Gasteiger partial charge in [0.1, 0.15) is 11.3 Å². The quantitative estimate of drug-likeness (QED) is 0.782. The van der Waals surface area contributed by atoms with E-state index in [2.05, 4.69) is 17.6 Å². The van der Waals surface area contributed by atoms with E-state index in [-0.39, 0.29) is 11.5 Å². The smallest absolute Gasteiger partial charge is 0.349 e.